The van der Waals surface area contributed by atoms with Crippen LogP contribution in [-0.4, -0.2) is 80.8 Å². The van der Waals surface area contributed by atoms with Crippen LogP contribution in [0.4, 0.5) is 0 Å². The molecule has 2 aromatic rings. The van der Waals surface area contributed by atoms with E-state index in [0.29, 0.717) is 31.6 Å². The van der Waals surface area contributed by atoms with Crippen LogP contribution in [0.3, 0.4) is 0 Å². The number of carbonyl (C=O) groups excluding carboxylic acids is 1. The molecular formula is C25H34N4O3S. The van der Waals surface area contributed by atoms with Crippen LogP contribution < -0.4 is 5.32 Å². The SMILES string of the molecule is CCN1CCN(CCCNC(=O)c2cccc(S(=O)(=O)N3CCc4ccccc4C3)c2)CC1. The van der Waals surface area contributed by atoms with Gasteiger partial charge in [-0.15, -0.1) is 0 Å². The number of hydrogen-bond acceptors (Lipinski definition) is 5. The Labute approximate surface area is 197 Å². The molecule has 2 heterocycles. The summed E-state index contributed by atoms with van der Waals surface area (Å²) in [5.41, 5.74) is 2.62. The number of benzene rings is 2. The molecule has 0 aromatic heterocycles. The van der Waals surface area contributed by atoms with Gasteiger partial charge >= 0.3 is 0 Å². The molecule has 2 aliphatic heterocycles. The lowest BCUT2D eigenvalue weighted by Gasteiger charge is -2.33. The third kappa shape index (κ3) is 5.81. The van der Waals surface area contributed by atoms with Crippen LogP contribution in [-0.2, 0) is 23.0 Å². The molecule has 0 radical (unpaired) electrons. The summed E-state index contributed by atoms with van der Waals surface area (Å²) in [4.78, 5) is 17.7. The van der Waals surface area contributed by atoms with Gasteiger partial charge in [-0.1, -0.05) is 37.3 Å². The van der Waals surface area contributed by atoms with Crippen molar-refractivity contribution in [3.63, 3.8) is 0 Å². The lowest BCUT2D eigenvalue weighted by atomic mass is 10.0. The van der Waals surface area contributed by atoms with Crippen LogP contribution in [0.5, 0.6) is 0 Å². The molecule has 0 saturated carbocycles. The summed E-state index contributed by atoms with van der Waals surface area (Å²) < 4.78 is 28.0. The maximum Gasteiger partial charge on any atom is 0.251 e. The van der Waals surface area contributed by atoms with E-state index in [1.807, 2.05) is 18.2 Å². The Morgan fingerprint density at radius 2 is 1.67 bits per heavy atom. The van der Waals surface area contributed by atoms with E-state index < -0.39 is 10.0 Å². The fraction of sp³-hybridized carbons (Fsp3) is 0.480. The molecule has 0 unspecified atom stereocenters. The summed E-state index contributed by atoms with van der Waals surface area (Å²) in [6.45, 7) is 9.99. The van der Waals surface area contributed by atoms with Crippen LogP contribution >= 0.6 is 0 Å². The summed E-state index contributed by atoms with van der Waals surface area (Å²) in [6, 6.07) is 14.3. The average molecular weight is 471 g/mol. The van der Waals surface area contributed by atoms with Gasteiger partial charge in [0.2, 0.25) is 10.0 Å². The molecule has 2 aliphatic rings. The Bertz CT molecular complexity index is 1060. The summed E-state index contributed by atoms with van der Waals surface area (Å²) >= 11 is 0. The number of fused-ring (bicyclic) bond motifs is 1. The van der Waals surface area contributed by atoms with Gasteiger partial charge in [0.15, 0.2) is 0 Å². The Morgan fingerprint density at radius 1 is 0.939 bits per heavy atom. The van der Waals surface area contributed by atoms with E-state index in [2.05, 4.69) is 28.1 Å². The Hall–Kier alpha value is -2.26. The van der Waals surface area contributed by atoms with Crippen molar-refractivity contribution in [2.24, 2.45) is 0 Å². The number of hydrogen-bond donors (Lipinski definition) is 1. The largest absolute Gasteiger partial charge is 0.352 e. The molecule has 1 saturated heterocycles. The monoisotopic (exact) mass is 470 g/mol. The number of sulfonamides is 1. The molecular weight excluding hydrogens is 436 g/mol. The molecule has 7 nitrogen and oxygen atoms in total. The van der Waals surface area contributed by atoms with Crippen LogP contribution in [0.15, 0.2) is 53.4 Å². The smallest absolute Gasteiger partial charge is 0.251 e. The Morgan fingerprint density at radius 3 is 2.42 bits per heavy atom. The van der Waals surface area contributed by atoms with Gasteiger partial charge in [0.25, 0.3) is 5.91 Å². The highest BCUT2D eigenvalue weighted by Crippen LogP contribution is 2.25. The molecule has 2 aromatic carbocycles. The zero-order valence-electron chi connectivity index (χ0n) is 19.4. The maximum absolute atomic E-state index is 13.2. The quantitative estimate of drug-likeness (QED) is 0.599. The number of nitrogens with one attached hydrogen (secondary N) is 1. The number of carbonyl (C=O) groups is 1. The van der Waals surface area contributed by atoms with Crippen molar-refractivity contribution in [2.75, 3.05) is 52.4 Å². The number of piperazine rings is 1. The maximum atomic E-state index is 13.2. The fourth-order valence-corrected chi connectivity index (χ4v) is 6.02. The summed E-state index contributed by atoms with van der Waals surface area (Å²) in [5.74, 6) is -0.230. The first-order chi connectivity index (χ1) is 16.0. The topological polar surface area (TPSA) is 73.0 Å². The summed E-state index contributed by atoms with van der Waals surface area (Å²) in [6.07, 6.45) is 1.58. The Balaban J connectivity index is 1.31. The number of amides is 1. The van der Waals surface area contributed by atoms with Crippen molar-refractivity contribution in [1.29, 1.82) is 0 Å². The minimum absolute atomic E-state index is 0.170. The minimum atomic E-state index is -3.66. The highest BCUT2D eigenvalue weighted by atomic mass is 32.2. The minimum Gasteiger partial charge on any atom is -0.352 e. The molecule has 0 bridgehead atoms. The Kier molecular flexibility index (Phi) is 7.80. The average Bonchev–Trinajstić information content (AvgIpc) is 2.86. The van der Waals surface area contributed by atoms with E-state index in [1.165, 1.54) is 15.9 Å². The first-order valence-corrected chi connectivity index (χ1v) is 13.3. The highest BCUT2D eigenvalue weighted by molar-refractivity contribution is 7.89. The summed E-state index contributed by atoms with van der Waals surface area (Å²) in [7, 11) is -3.66. The van der Waals surface area contributed by atoms with Gasteiger partial charge in [-0.05, 0) is 55.3 Å². The fourth-order valence-electron chi connectivity index (χ4n) is 4.56. The lowest BCUT2D eigenvalue weighted by molar-refractivity contribution is 0.0948. The molecule has 1 amide bonds. The first kappa shape index (κ1) is 23.9. The van der Waals surface area contributed by atoms with E-state index >= 15 is 0 Å². The number of likely N-dealkylation sites (N-methyl/N-ethyl adjacent to an activating group) is 1. The van der Waals surface area contributed by atoms with Gasteiger partial charge in [-0.2, -0.15) is 4.31 Å². The van der Waals surface area contributed by atoms with Crippen molar-refractivity contribution in [1.82, 2.24) is 19.4 Å². The molecule has 0 spiro atoms. The van der Waals surface area contributed by atoms with Crippen molar-refractivity contribution in [2.45, 2.75) is 31.2 Å². The zero-order valence-corrected chi connectivity index (χ0v) is 20.2. The molecule has 0 atom stereocenters. The predicted octanol–water partition coefficient (Wildman–Crippen LogP) is 2.19. The van der Waals surface area contributed by atoms with Crippen LogP contribution in [0, 0.1) is 0 Å². The predicted molar refractivity (Wildman–Crippen MR) is 130 cm³/mol. The zero-order chi connectivity index (χ0) is 23.3. The standard InChI is InChI=1S/C25H34N4O3S/c1-2-27-15-17-28(18-16-27)13-6-12-26-25(30)22-9-5-10-24(19-22)33(31,32)29-14-11-21-7-3-4-8-23(21)20-29/h3-5,7-10,19H,2,6,11-18,20H2,1H3,(H,26,30). The molecule has 178 valence electrons. The first-order valence-electron chi connectivity index (χ1n) is 11.9. The number of nitrogens with zero attached hydrogens (tertiary/aromatic N) is 3. The van der Waals surface area contributed by atoms with Gasteiger partial charge in [0.1, 0.15) is 0 Å². The van der Waals surface area contributed by atoms with Gasteiger partial charge in [0, 0.05) is 51.4 Å². The van der Waals surface area contributed by atoms with E-state index in [-0.39, 0.29) is 10.8 Å². The third-order valence-electron chi connectivity index (χ3n) is 6.68. The van der Waals surface area contributed by atoms with Gasteiger partial charge < -0.3 is 15.1 Å². The highest BCUT2D eigenvalue weighted by Gasteiger charge is 2.28. The van der Waals surface area contributed by atoms with Crippen molar-refractivity contribution in [3.05, 3.63) is 65.2 Å². The molecule has 1 fully saturated rings. The second-order valence-corrected chi connectivity index (χ2v) is 10.7. The van der Waals surface area contributed by atoms with Gasteiger partial charge in [-0.3, -0.25) is 4.79 Å². The van der Waals surface area contributed by atoms with Crippen LogP contribution in [0.2, 0.25) is 0 Å². The van der Waals surface area contributed by atoms with Gasteiger partial charge in [-0.25, -0.2) is 8.42 Å². The summed E-state index contributed by atoms with van der Waals surface area (Å²) in [5, 5.41) is 2.95. The van der Waals surface area contributed by atoms with Gasteiger partial charge in [0.05, 0.1) is 4.90 Å². The molecule has 1 N–H and O–H groups in total. The molecule has 0 aliphatic carbocycles. The molecule has 8 heteroatoms. The lowest BCUT2D eigenvalue weighted by Crippen LogP contribution is -2.46. The molecule has 33 heavy (non-hydrogen) atoms. The van der Waals surface area contributed by atoms with E-state index in [9.17, 15) is 13.2 Å². The molecule has 4 rings (SSSR count). The van der Waals surface area contributed by atoms with Crippen LogP contribution in [0.25, 0.3) is 0 Å². The van der Waals surface area contributed by atoms with Crippen LogP contribution in [0.1, 0.15) is 34.8 Å². The van der Waals surface area contributed by atoms with Crippen molar-refractivity contribution in [3.8, 4) is 0 Å². The van der Waals surface area contributed by atoms with E-state index in [0.717, 1.165) is 51.3 Å². The normalized spacial score (nSPS) is 18.1. The third-order valence-corrected chi connectivity index (χ3v) is 8.52. The van der Waals surface area contributed by atoms with E-state index in [4.69, 9.17) is 0 Å². The van der Waals surface area contributed by atoms with Crippen molar-refractivity contribution < 1.29 is 13.2 Å². The second kappa shape index (κ2) is 10.8. The van der Waals surface area contributed by atoms with Crippen molar-refractivity contribution >= 4 is 15.9 Å². The second-order valence-electron chi connectivity index (χ2n) is 8.77. The number of rotatable bonds is 8. The van der Waals surface area contributed by atoms with E-state index in [1.54, 1.807) is 18.2 Å².